The molecule has 0 saturated heterocycles. The summed E-state index contributed by atoms with van der Waals surface area (Å²) in [6.07, 6.45) is 0. The summed E-state index contributed by atoms with van der Waals surface area (Å²) in [6, 6.07) is 11.8. The molecule has 2 N–H and O–H groups in total. The molecule has 2 aromatic carbocycles. The second-order valence-electron chi connectivity index (χ2n) is 5.07. The second kappa shape index (κ2) is 10.3. The van der Waals surface area contributed by atoms with E-state index in [1.165, 1.54) is 0 Å². The fourth-order valence-corrected chi connectivity index (χ4v) is 2.59. The molecule has 2 aromatic rings. The number of rotatable bonds is 7. The van der Waals surface area contributed by atoms with Gasteiger partial charge in [-0.25, -0.2) is 0 Å². The first kappa shape index (κ1) is 20.5. The first-order valence-corrected chi connectivity index (χ1v) is 9.04. The van der Waals surface area contributed by atoms with Gasteiger partial charge < -0.3 is 14.8 Å². The van der Waals surface area contributed by atoms with Crippen LogP contribution in [0.15, 0.2) is 42.5 Å². The molecule has 5 nitrogen and oxygen atoms in total. The minimum Gasteiger partial charge on any atom is -0.490 e. The largest absolute Gasteiger partial charge is 0.490 e. The molecule has 0 aliphatic heterocycles. The maximum Gasteiger partial charge on any atom is 0.261 e. The average molecular weight is 413 g/mol. The number of halogens is 2. The van der Waals surface area contributed by atoms with Crippen LogP contribution in [-0.2, 0) is 4.74 Å². The number of thiocarbonyl (C=S) groups is 1. The highest BCUT2D eigenvalue weighted by Crippen LogP contribution is 2.25. The van der Waals surface area contributed by atoms with E-state index in [0.717, 1.165) is 0 Å². The van der Waals surface area contributed by atoms with Crippen LogP contribution >= 0.6 is 35.4 Å². The molecule has 0 aromatic heterocycles. The van der Waals surface area contributed by atoms with Crippen molar-refractivity contribution in [2.75, 3.05) is 25.1 Å². The Hall–Kier alpha value is -1.86. The predicted molar refractivity (Wildman–Crippen MR) is 109 cm³/mol. The number of hydrogen-bond acceptors (Lipinski definition) is 4. The Morgan fingerprint density at radius 2 is 1.92 bits per heavy atom. The minimum absolute atomic E-state index is 0.100. The Bertz CT molecular complexity index is 787. The van der Waals surface area contributed by atoms with Gasteiger partial charge in [0, 0.05) is 11.6 Å². The lowest BCUT2D eigenvalue weighted by molar-refractivity contribution is 0.0958. The number of carbonyl (C=O) groups is 1. The number of ether oxygens (including phenoxy) is 2. The van der Waals surface area contributed by atoms with Gasteiger partial charge in [-0.2, -0.15) is 0 Å². The van der Waals surface area contributed by atoms with Gasteiger partial charge in [0.15, 0.2) is 5.11 Å². The van der Waals surface area contributed by atoms with Crippen LogP contribution in [0.1, 0.15) is 17.3 Å². The van der Waals surface area contributed by atoms with Crippen molar-refractivity contribution in [1.29, 1.82) is 0 Å². The Labute approximate surface area is 167 Å². The Balaban J connectivity index is 2.00. The molecule has 0 radical (unpaired) electrons. The molecule has 0 aliphatic carbocycles. The van der Waals surface area contributed by atoms with E-state index in [2.05, 4.69) is 10.6 Å². The number of carbonyl (C=O) groups excluding carboxylic acids is 1. The van der Waals surface area contributed by atoms with Crippen molar-refractivity contribution in [1.82, 2.24) is 5.32 Å². The average Bonchev–Trinajstić information content (AvgIpc) is 2.62. The number of para-hydroxylation sites is 1. The zero-order chi connectivity index (χ0) is 18.9. The van der Waals surface area contributed by atoms with Crippen LogP contribution in [0.5, 0.6) is 5.75 Å². The number of nitrogens with one attached hydrogen (secondary N) is 2. The van der Waals surface area contributed by atoms with Crippen LogP contribution < -0.4 is 15.4 Å². The number of anilines is 1. The third-order valence-corrected chi connectivity index (χ3v) is 3.99. The van der Waals surface area contributed by atoms with Gasteiger partial charge in [-0.3, -0.25) is 10.1 Å². The lowest BCUT2D eigenvalue weighted by Crippen LogP contribution is -2.34. The number of hydrogen-bond donors (Lipinski definition) is 2. The molecule has 0 unspecified atom stereocenters. The second-order valence-corrected chi connectivity index (χ2v) is 6.33. The zero-order valence-corrected chi connectivity index (χ0v) is 16.4. The molecule has 0 bridgehead atoms. The van der Waals surface area contributed by atoms with Gasteiger partial charge >= 0.3 is 0 Å². The molecule has 0 fully saturated rings. The van der Waals surface area contributed by atoms with E-state index < -0.39 is 5.91 Å². The van der Waals surface area contributed by atoms with Gasteiger partial charge in [0.1, 0.15) is 12.4 Å². The number of amides is 1. The summed E-state index contributed by atoms with van der Waals surface area (Å²) < 4.78 is 10.8. The first-order chi connectivity index (χ1) is 12.5. The van der Waals surface area contributed by atoms with Crippen molar-refractivity contribution in [3.05, 3.63) is 58.1 Å². The Kier molecular flexibility index (Phi) is 8.12. The molecule has 138 valence electrons. The van der Waals surface area contributed by atoms with Gasteiger partial charge in [0.2, 0.25) is 0 Å². The van der Waals surface area contributed by atoms with Crippen molar-refractivity contribution >= 4 is 52.1 Å². The van der Waals surface area contributed by atoms with Crippen molar-refractivity contribution in [3.8, 4) is 5.75 Å². The molecule has 8 heteroatoms. The highest BCUT2D eigenvalue weighted by Gasteiger charge is 2.14. The van der Waals surface area contributed by atoms with E-state index >= 15 is 0 Å². The predicted octanol–water partition coefficient (Wildman–Crippen LogP) is 4.54. The topological polar surface area (TPSA) is 59.6 Å². The van der Waals surface area contributed by atoms with Crippen LogP contribution in [0.25, 0.3) is 0 Å². The van der Waals surface area contributed by atoms with Crippen molar-refractivity contribution in [2.24, 2.45) is 0 Å². The molecule has 0 atom stereocenters. The van der Waals surface area contributed by atoms with Gasteiger partial charge in [-0.05, 0) is 49.5 Å². The van der Waals surface area contributed by atoms with Crippen LogP contribution in [0.2, 0.25) is 10.0 Å². The summed E-state index contributed by atoms with van der Waals surface area (Å²) in [5.41, 5.74) is 0.871. The third-order valence-electron chi connectivity index (χ3n) is 3.22. The zero-order valence-electron chi connectivity index (χ0n) is 14.1. The smallest absolute Gasteiger partial charge is 0.261 e. The standard InChI is InChI=1S/C18H18Cl2N2O3S/c1-2-24-9-10-25-16-6-4-3-5-13(16)17(23)22-18(26)21-15-11-12(19)7-8-14(15)20/h3-8,11H,2,9-10H2,1H3,(H2,21,22,23,26). The van der Waals surface area contributed by atoms with E-state index in [4.69, 9.17) is 44.9 Å². The lowest BCUT2D eigenvalue weighted by atomic mass is 10.2. The first-order valence-electron chi connectivity index (χ1n) is 7.88. The maximum absolute atomic E-state index is 12.5. The SMILES string of the molecule is CCOCCOc1ccccc1C(=O)NC(=S)Nc1cc(Cl)ccc1Cl. The lowest BCUT2D eigenvalue weighted by Gasteiger charge is -2.13. The molecule has 0 saturated carbocycles. The molecule has 0 heterocycles. The van der Waals surface area contributed by atoms with Gasteiger partial charge in [-0.15, -0.1) is 0 Å². The monoisotopic (exact) mass is 412 g/mol. The molecule has 1 amide bonds. The molecule has 0 spiro atoms. The maximum atomic E-state index is 12.5. The molecular formula is C18H18Cl2N2O3S. The molecule has 2 rings (SSSR count). The summed E-state index contributed by atoms with van der Waals surface area (Å²) in [5.74, 6) is 0.0564. The molecule has 0 aliphatic rings. The fraction of sp³-hybridized carbons (Fsp3) is 0.222. The van der Waals surface area contributed by atoms with E-state index in [-0.39, 0.29) is 5.11 Å². The van der Waals surface area contributed by atoms with Crippen LogP contribution in [0.3, 0.4) is 0 Å². The van der Waals surface area contributed by atoms with Crippen molar-refractivity contribution in [3.63, 3.8) is 0 Å². The third kappa shape index (κ3) is 6.14. The minimum atomic E-state index is -0.396. The summed E-state index contributed by atoms with van der Waals surface area (Å²) in [5, 5.41) is 6.49. The van der Waals surface area contributed by atoms with Gasteiger partial charge in [0.05, 0.1) is 22.9 Å². The van der Waals surface area contributed by atoms with E-state index in [1.807, 2.05) is 6.92 Å². The van der Waals surface area contributed by atoms with E-state index in [1.54, 1.807) is 42.5 Å². The molecule has 26 heavy (non-hydrogen) atoms. The summed E-state index contributed by atoms with van der Waals surface area (Å²) in [4.78, 5) is 12.5. The highest BCUT2D eigenvalue weighted by molar-refractivity contribution is 7.80. The fourth-order valence-electron chi connectivity index (χ4n) is 2.05. The quantitative estimate of drug-likeness (QED) is 0.516. The van der Waals surface area contributed by atoms with E-state index in [9.17, 15) is 4.79 Å². The summed E-state index contributed by atoms with van der Waals surface area (Å²) in [7, 11) is 0. The van der Waals surface area contributed by atoms with Crippen LogP contribution in [0, 0.1) is 0 Å². The Morgan fingerprint density at radius 1 is 1.15 bits per heavy atom. The normalized spacial score (nSPS) is 10.3. The number of benzene rings is 2. The Morgan fingerprint density at radius 3 is 2.69 bits per heavy atom. The van der Waals surface area contributed by atoms with Gasteiger partial charge in [-0.1, -0.05) is 35.3 Å². The van der Waals surface area contributed by atoms with Crippen LogP contribution in [-0.4, -0.2) is 30.8 Å². The van der Waals surface area contributed by atoms with Gasteiger partial charge in [0.25, 0.3) is 5.91 Å². The summed E-state index contributed by atoms with van der Waals surface area (Å²) in [6.45, 7) is 3.30. The van der Waals surface area contributed by atoms with E-state index in [0.29, 0.717) is 46.9 Å². The van der Waals surface area contributed by atoms with Crippen molar-refractivity contribution in [2.45, 2.75) is 6.92 Å². The highest BCUT2D eigenvalue weighted by atomic mass is 35.5. The summed E-state index contributed by atoms with van der Waals surface area (Å²) >= 11 is 17.2. The van der Waals surface area contributed by atoms with Crippen molar-refractivity contribution < 1.29 is 14.3 Å². The van der Waals surface area contributed by atoms with Crippen LogP contribution in [0.4, 0.5) is 5.69 Å². The molecular weight excluding hydrogens is 395 g/mol.